The molecule has 0 aliphatic rings. The number of rotatable bonds is 4. The van der Waals surface area contributed by atoms with E-state index in [-0.39, 0.29) is 5.56 Å². The van der Waals surface area contributed by atoms with Crippen LogP contribution in [0.25, 0.3) is 17.3 Å². The molecule has 0 fully saturated rings. The van der Waals surface area contributed by atoms with Crippen LogP contribution in [-0.2, 0) is 0 Å². The van der Waals surface area contributed by atoms with Crippen molar-refractivity contribution in [3.05, 3.63) is 89.2 Å². The van der Waals surface area contributed by atoms with Crippen LogP contribution in [0.1, 0.15) is 27.2 Å². The minimum atomic E-state index is -0.969. The number of nitriles is 1. The molecule has 4 heteroatoms. The fraction of sp³-hybridized carbons (Fsp3) is 0.0476. The van der Waals surface area contributed by atoms with Crippen molar-refractivity contribution >= 4 is 17.6 Å². The number of aromatic carboxylic acids is 1. The first-order chi connectivity index (χ1) is 12.1. The average molecular weight is 328 g/mol. The molecular formula is C21H16N2O2. The Morgan fingerprint density at radius 3 is 2.52 bits per heavy atom. The minimum Gasteiger partial charge on any atom is -0.478 e. The number of hydrogen-bond acceptors (Lipinski definition) is 2. The van der Waals surface area contributed by atoms with Crippen molar-refractivity contribution < 1.29 is 9.90 Å². The number of allylic oxidation sites excluding steroid dienone is 1. The average Bonchev–Trinajstić information content (AvgIpc) is 3.09. The summed E-state index contributed by atoms with van der Waals surface area (Å²) in [6.45, 7) is 2.00. The molecule has 25 heavy (non-hydrogen) atoms. The van der Waals surface area contributed by atoms with Crippen LogP contribution < -0.4 is 0 Å². The summed E-state index contributed by atoms with van der Waals surface area (Å²) in [5.41, 5.74) is 4.29. The van der Waals surface area contributed by atoms with Crippen LogP contribution in [0.5, 0.6) is 0 Å². The van der Waals surface area contributed by atoms with Crippen LogP contribution in [0.2, 0.25) is 0 Å². The third-order valence-corrected chi connectivity index (χ3v) is 3.93. The zero-order valence-corrected chi connectivity index (χ0v) is 13.7. The molecule has 0 radical (unpaired) electrons. The molecule has 0 saturated carbocycles. The van der Waals surface area contributed by atoms with Gasteiger partial charge in [-0.05, 0) is 48.9 Å². The van der Waals surface area contributed by atoms with Gasteiger partial charge in [0.05, 0.1) is 17.2 Å². The van der Waals surface area contributed by atoms with E-state index in [1.807, 2.05) is 60.2 Å². The molecule has 0 spiro atoms. The molecule has 0 amide bonds. The zero-order valence-electron chi connectivity index (χ0n) is 13.7. The molecule has 4 nitrogen and oxygen atoms in total. The van der Waals surface area contributed by atoms with Gasteiger partial charge in [0.2, 0.25) is 0 Å². The summed E-state index contributed by atoms with van der Waals surface area (Å²) in [6, 6.07) is 20.5. The van der Waals surface area contributed by atoms with E-state index >= 15 is 0 Å². The highest BCUT2D eigenvalue weighted by Gasteiger charge is 2.08. The molecule has 3 rings (SSSR count). The Labute approximate surface area is 145 Å². The van der Waals surface area contributed by atoms with Gasteiger partial charge in [-0.3, -0.25) is 0 Å². The van der Waals surface area contributed by atoms with Crippen LogP contribution in [0, 0.1) is 18.3 Å². The first kappa shape index (κ1) is 16.3. The number of nitrogens with zero attached hydrogens (tertiary/aromatic N) is 2. The van der Waals surface area contributed by atoms with Crippen molar-refractivity contribution in [2.45, 2.75) is 6.92 Å². The van der Waals surface area contributed by atoms with Gasteiger partial charge in [0, 0.05) is 17.6 Å². The molecule has 1 aromatic heterocycles. The van der Waals surface area contributed by atoms with Gasteiger partial charge in [-0.15, -0.1) is 0 Å². The Kier molecular flexibility index (Phi) is 4.49. The van der Waals surface area contributed by atoms with Gasteiger partial charge in [0.15, 0.2) is 0 Å². The highest BCUT2D eigenvalue weighted by molar-refractivity contribution is 5.90. The van der Waals surface area contributed by atoms with Crippen molar-refractivity contribution in [1.82, 2.24) is 4.57 Å². The first-order valence-electron chi connectivity index (χ1n) is 7.78. The lowest BCUT2D eigenvalue weighted by atomic mass is 10.0. The highest BCUT2D eigenvalue weighted by atomic mass is 16.4. The van der Waals surface area contributed by atoms with Gasteiger partial charge < -0.3 is 9.67 Å². The number of aromatic nitrogens is 1. The smallest absolute Gasteiger partial charge is 0.335 e. The van der Waals surface area contributed by atoms with E-state index in [0.717, 1.165) is 22.5 Å². The lowest BCUT2D eigenvalue weighted by molar-refractivity contribution is 0.0697. The fourth-order valence-corrected chi connectivity index (χ4v) is 2.60. The maximum Gasteiger partial charge on any atom is 0.335 e. The van der Waals surface area contributed by atoms with E-state index in [1.165, 1.54) is 0 Å². The number of carbonyl (C=O) groups is 1. The molecule has 1 heterocycles. The molecular weight excluding hydrogens is 312 g/mol. The second-order valence-electron chi connectivity index (χ2n) is 5.69. The standard InChI is InChI=1S/C21H16N2O2/c1-15-7-9-16(10-8-15)18(14-22)13-20-6-3-11-23(20)19-5-2-4-17(12-19)21(24)25/h2-13H,1H3,(H,24,25)/b18-13-. The predicted octanol–water partition coefficient (Wildman–Crippen LogP) is 4.55. The second-order valence-corrected chi connectivity index (χ2v) is 5.69. The maximum absolute atomic E-state index is 11.2. The molecule has 0 atom stereocenters. The van der Waals surface area contributed by atoms with Crippen LogP contribution in [-0.4, -0.2) is 15.6 Å². The van der Waals surface area contributed by atoms with Crippen molar-refractivity contribution in [3.8, 4) is 11.8 Å². The van der Waals surface area contributed by atoms with E-state index in [9.17, 15) is 10.1 Å². The lowest BCUT2D eigenvalue weighted by Crippen LogP contribution is -2.00. The quantitative estimate of drug-likeness (QED) is 0.715. The van der Waals surface area contributed by atoms with Crippen LogP contribution >= 0.6 is 0 Å². The summed E-state index contributed by atoms with van der Waals surface area (Å²) < 4.78 is 1.86. The van der Waals surface area contributed by atoms with Gasteiger partial charge in [0.1, 0.15) is 0 Å². The molecule has 0 aliphatic carbocycles. The summed E-state index contributed by atoms with van der Waals surface area (Å²) in [7, 11) is 0. The van der Waals surface area contributed by atoms with Crippen LogP contribution in [0.4, 0.5) is 0 Å². The van der Waals surface area contributed by atoms with Crippen molar-refractivity contribution in [2.75, 3.05) is 0 Å². The van der Waals surface area contributed by atoms with Gasteiger partial charge in [0.25, 0.3) is 0 Å². The van der Waals surface area contributed by atoms with Gasteiger partial charge >= 0.3 is 5.97 Å². The summed E-state index contributed by atoms with van der Waals surface area (Å²) >= 11 is 0. The van der Waals surface area contributed by atoms with E-state index in [2.05, 4.69) is 6.07 Å². The number of hydrogen-bond donors (Lipinski definition) is 1. The topological polar surface area (TPSA) is 66.0 Å². The summed E-state index contributed by atoms with van der Waals surface area (Å²) in [6.07, 6.45) is 3.65. The number of aryl methyl sites for hydroxylation is 1. The van der Waals surface area contributed by atoms with Gasteiger partial charge in [-0.25, -0.2) is 4.79 Å². The molecule has 0 aliphatic heterocycles. The van der Waals surface area contributed by atoms with Crippen molar-refractivity contribution in [3.63, 3.8) is 0 Å². The Bertz CT molecular complexity index is 989. The first-order valence-corrected chi connectivity index (χ1v) is 7.78. The molecule has 0 bridgehead atoms. The van der Waals surface area contributed by atoms with E-state index in [1.54, 1.807) is 24.3 Å². The molecule has 2 aromatic carbocycles. The molecule has 0 unspecified atom stereocenters. The number of carboxylic acids is 1. The summed E-state index contributed by atoms with van der Waals surface area (Å²) in [5, 5.41) is 18.7. The molecule has 3 aromatic rings. The van der Waals surface area contributed by atoms with E-state index in [0.29, 0.717) is 5.57 Å². The summed E-state index contributed by atoms with van der Waals surface area (Å²) in [4.78, 5) is 11.2. The van der Waals surface area contributed by atoms with Gasteiger partial charge in [-0.2, -0.15) is 5.26 Å². The van der Waals surface area contributed by atoms with Crippen molar-refractivity contribution in [2.24, 2.45) is 0 Å². The minimum absolute atomic E-state index is 0.222. The van der Waals surface area contributed by atoms with Gasteiger partial charge in [-0.1, -0.05) is 35.9 Å². The Hall–Kier alpha value is -3.58. The number of carboxylic acid groups (broad SMARTS) is 1. The summed E-state index contributed by atoms with van der Waals surface area (Å²) in [5.74, 6) is -0.969. The van der Waals surface area contributed by atoms with E-state index in [4.69, 9.17) is 5.11 Å². The molecule has 1 N–H and O–H groups in total. The van der Waals surface area contributed by atoms with Crippen molar-refractivity contribution in [1.29, 1.82) is 5.26 Å². The number of benzene rings is 2. The maximum atomic E-state index is 11.2. The molecule has 122 valence electrons. The third-order valence-electron chi connectivity index (χ3n) is 3.93. The Morgan fingerprint density at radius 1 is 1.08 bits per heavy atom. The SMILES string of the molecule is Cc1ccc(/C(C#N)=C\c2cccn2-c2cccc(C(=O)O)c2)cc1. The Morgan fingerprint density at radius 2 is 1.84 bits per heavy atom. The van der Waals surface area contributed by atoms with Crippen LogP contribution in [0.3, 0.4) is 0 Å². The van der Waals surface area contributed by atoms with E-state index < -0.39 is 5.97 Å². The highest BCUT2D eigenvalue weighted by Crippen LogP contribution is 2.21. The molecule has 0 saturated heterocycles. The third kappa shape index (κ3) is 3.51. The van der Waals surface area contributed by atoms with Crippen LogP contribution in [0.15, 0.2) is 66.9 Å². The monoisotopic (exact) mass is 328 g/mol. The lowest BCUT2D eigenvalue weighted by Gasteiger charge is -2.08. The predicted molar refractivity (Wildman–Crippen MR) is 97.4 cm³/mol. The largest absolute Gasteiger partial charge is 0.478 e. The Balaban J connectivity index is 2.04. The zero-order chi connectivity index (χ0) is 17.8. The fourth-order valence-electron chi connectivity index (χ4n) is 2.60. The normalized spacial score (nSPS) is 11.1. The second kappa shape index (κ2) is 6.90.